The number of amides is 2. The predicted molar refractivity (Wildman–Crippen MR) is 82.1 cm³/mol. The number of carboxylic acid groups (broad SMARTS) is 1. The number of nitrogens with zero attached hydrogens (tertiary/aromatic N) is 1. The smallest absolute Gasteiger partial charge is 0.337 e. The van der Waals surface area contributed by atoms with Crippen LogP contribution in [-0.4, -0.2) is 22.9 Å². The van der Waals surface area contributed by atoms with E-state index < -0.39 is 5.97 Å². The van der Waals surface area contributed by atoms with E-state index in [2.05, 4.69) is 31.9 Å². The molecular formula is C14H11Br2NO4. The number of hydrogen-bond donors (Lipinski definition) is 1. The summed E-state index contributed by atoms with van der Waals surface area (Å²) in [6.07, 6.45) is 0. The molecule has 1 heterocycles. The van der Waals surface area contributed by atoms with Gasteiger partial charge in [-0.2, -0.15) is 0 Å². The normalized spacial score (nSPS) is 26.0. The highest BCUT2D eigenvalue weighted by molar-refractivity contribution is 9.11. The molecule has 1 saturated heterocycles. The zero-order valence-corrected chi connectivity index (χ0v) is 14.4. The molecule has 2 amide bonds. The summed E-state index contributed by atoms with van der Waals surface area (Å²) in [6, 6.07) is 3.01. The van der Waals surface area contributed by atoms with Crippen LogP contribution in [0.2, 0.25) is 0 Å². The molecule has 2 aliphatic rings. The molecule has 1 saturated carbocycles. The number of piperidine rings is 1. The highest BCUT2D eigenvalue weighted by Crippen LogP contribution is 2.64. The van der Waals surface area contributed by atoms with Gasteiger partial charge in [-0.25, -0.2) is 9.69 Å². The zero-order chi connectivity index (χ0) is 15.7. The fourth-order valence-electron chi connectivity index (χ4n) is 3.12. The van der Waals surface area contributed by atoms with Gasteiger partial charge in [0.05, 0.1) is 23.1 Å². The molecule has 1 aliphatic heterocycles. The van der Waals surface area contributed by atoms with Crippen molar-refractivity contribution in [3.63, 3.8) is 0 Å². The second-order valence-electron chi connectivity index (χ2n) is 5.88. The first-order valence-electron chi connectivity index (χ1n) is 6.28. The van der Waals surface area contributed by atoms with Crippen LogP contribution in [-0.2, 0) is 9.59 Å². The molecule has 0 bridgehead atoms. The number of halogens is 2. The first-order valence-corrected chi connectivity index (χ1v) is 7.86. The zero-order valence-electron chi connectivity index (χ0n) is 11.2. The van der Waals surface area contributed by atoms with E-state index in [9.17, 15) is 19.5 Å². The molecule has 1 aliphatic carbocycles. The monoisotopic (exact) mass is 415 g/mol. The first kappa shape index (κ1) is 14.7. The molecule has 2 fully saturated rings. The molecule has 3 rings (SSSR count). The molecule has 7 heteroatoms. The van der Waals surface area contributed by atoms with Crippen molar-refractivity contribution in [2.45, 2.75) is 13.8 Å². The molecule has 0 spiro atoms. The summed E-state index contributed by atoms with van der Waals surface area (Å²) in [5.41, 5.74) is -0.295. The number of anilines is 1. The maximum Gasteiger partial charge on any atom is 0.337 e. The van der Waals surface area contributed by atoms with Gasteiger partial charge in [-0.05, 0) is 33.5 Å². The van der Waals surface area contributed by atoms with Gasteiger partial charge >= 0.3 is 5.97 Å². The minimum atomic E-state index is -1.19. The average molecular weight is 417 g/mol. The summed E-state index contributed by atoms with van der Waals surface area (Å²) < 4.78 is 0.954. The number of imide groups is 1. The molecule has 0 aromatic heterocycles. The summed E-state index contributed by atoms with van der Waals surface area (Å²) in [7, 11) is 0. The molecule has 1 aromatic rings. The van der Waals surface area contributed by atoms with E-state index in [0.29, 0.717) is 8.95 Å². The molecule has 1 aromatic carbocycles. The van der Waals surface area contributed by atoms with Crippen LogP contribution in [0.1, 0.15) is 24.2 Å². The molecule has 1 N–H and O–H groups in total. The Balaban J connectivity index is 2.13. The summed E-state index contributed by atoms with van der Waals surface area (Å²) >= 11 is 6.47. The maximum atomic E-state index is 12.5. The van der Waals surface area contributed by atoms with Crippen LogP contribution in [0.25, 0.3) is 0 Å². The molecule has 2 unspecified atom stereocenters. The lowest BCUT2D eigenvalue weighted by molar-refractivity contribution is -0.125. The Bertz CT molecular complexity index is 689. The molecule has 21 heavy (non-hydrogen) atoms. The minimum Gasteiger partial charge on any atom is -0.478 e. The molecule has 110 valence electrons. The van der Waals surface area contributed by atoms with E-state index in [1.54, 1.807) is 6.07 Å². The fraction of sp³-hybridized carbons (Fsp3) is 0.357. The summed E-state index contributed by atoms with van der Waals surface area (Å²) in [6.45, 7) is 3.76. The topological polar surface area (TPSA) is 74.7 Å². The van der Waals surface area contributed by atoms with Crippen molar-refractivity contribution in [3.05, 3.63) is 26.6 Å². The van der Waals surface area contributed by atoms with Gasteiger partial charge in [0.1, 0.15) is 0 Å². The third-order valence-corrected chi connectivity index (χ3v) is 5.34. The van der Waals surface area contributed by atoms with E-state index in [4.69, 9.17) is 0 Å². The number of fused-ring (bicyclic) bond motifs is 1. The maximum absolute atomic E-state index is 12.5. The first-order chi connectivity index (χ1) is 9.67. The largest absolute Gasteiger partial charge is 0.478 e. The fourth-order valence-corrected chi connectivity index (χ4v) is 4.53. The number of carbonyl (C=O) groups excluding carboxylic acids is 2. The number of rotatable bonds is 2. The molecule has 5 nitrogen and oxygen atoms in total. The Morgan fingerprint density at radius 1 is 1.19 bits per heavy atom. The van der Waals surface area contributed by atoms with Crippen molar-refractivity contribution in [2.75, 3.05) is 4.90 Å². The second-order valence-corrected chi connectivity index (χ2v) is 7.65. The third-order valence-electron chi connectivity index (χ3n) is 4.28. The van der Waals surface area contributed by atoms with Crippen LogP contribution in [0.5, 0.6) is 0 Å². The van der Waals surface area contributed by atoms with E-state index in [-0.39, 0.29) is 40.3 Å². The summed E-state index contributed by atoms with van der Waals surface area (Å²) in [4.78, 5) is 37.4. The lowest BCUT2D eigenvalue weighted by atomic mass is 10.0. The number of hydrogen-bond acceptors (Lipinski definition) is 3. The van der Waals surface area contributed by atoms with Gasteiger partial charge in [-0.15, -0.1) is 0 Å². The van der Waals surface area contributed by atoms with E-state index in [0.717, 1.165) is 4.90 Å². The van der Waals surface area contributed by atoms with E-state index >= 15 is 0 Å². The number of carboxylic acids is 1. The summed E-state index contributed by atoms with van der Waals surface area (Å²) in [5.74, 6) is -2.52. The van der Waals surface area contributed by atoms with Crippen LogP contribution >= 0.6 is 31.9 Å². The number of carbonyl (C=O) groups is 3. The van der Waals surface area contributed by atoms with Crippen LogP contribution in [0.4, 0.5) is 5.69 Å². The van der Waals surface area contributed by atoms with Crippen molar-refractivity contribution >= 4 is 55.3 Å². The van der Waals surface area contributed by atoms with Crippen LogP contribution < -0.4 is 4.90 Å². The highest BCUT2D eigenvalue weighted by atomic mass is 79.9. The lowest BCUT2D eigenvalue weighted by Crippen LogP contribution is -2.37. The Labute approximate surface area is 137 Å². The van der Waals surface area contributed by atoms with Crippen molar-refractivity contribution < 1.29 is 19.5 Å². The molecule has 2 atom stereocenters. The lowest BCUT2D eigenvalue weighted by Gasteiger charge is -2.23. The van der Waals surface area contributed by atoms with Gasteiger partial charge in [0.15, 0.2) is 0 Å². The van der Waals surface area contributed by atoms with Crippen molar-refractivity contribution in [2.24, 2.45) is 17.3 Å². The van der Waals surface area contributed by atoms with Crippen LogP contribution in [0, 0.1) is 17.3 Å². The average Bonchev–Trinajstić information content (AvgIpc) is 2.81. The van der Waals surface area contributed by atoms with Crippen LogP contribution in [0.3, 0.4) is 0 Å². The van der Waals surface area contributed by atoms with Crippen molar-refractivity contribution in [1.82, 2.24) is 0 Å². The quantitative estimate of drug-likeness (QED) is 0.752. The Morgan fingerprint density at radius 3 is 2.19 bits per heavy atom. The van der Waals surface area contributed by atoms with E-state index in [1.165, 1.54) is 6.07 Å². The Kier molecular flexibility index (Phi) is 3.08. The third kappa shape index (κ3) is 1.90. The SMILES string of the molecule is CC1(C)C2C(=O)N(c3c(Br)cc(Br)cc3C(=O)O)C(=O)C21. The standard InChI is InChI=1S/C14H11Br2NO4/c1-14(2)8-9(14)12(19)17(11(8)18)10-6(13(20)21)3-5(15)4-7(10)16/h3-4,8-9H,1-2H3,(H,20,21). The predicted octanol–water partition coefficient (Wildman–Crippen LogP) is 3.06. The number of aromatic carboxylic acids is 1. The highest BCUT2D eigenvalue weighted by Gasteiger charge is 2.73. The van der Waals surface area contributed by atoms with Gasteiger partial charge in [0.2, 0.25) is 11.8 Å². The molecular weight excluding hydrogens is 406 g/mol. The van der Waals surface area contributed by atoms with Crippen molar-refractivity contribution in [3.8, 4) is 0 Å². The van der Waals surface area contributed by atoms with Gasteiger partial charge in [-0.1, -0.05) is 29.8 Å². The van der Waals surface area contributed by atoms with Gasteiger partial charge in [0.25, 0.3) is 0 Å². The minimum absolute atomic E-state index is 0.0861. The Morgan fingerprint density at radius 2 is 1.71 bits per heavy atom. The second kappa shape index (κ2) is 4.39. The Hall–Kier alpha value is -1.21. The number of benzene rings is 1. The van der Waals surface area contributed by atoms with Gasteiger partial charge in [0, 0.05) is 8.95 Å². The van der Waals surface area contributed by atoms with Crippen LogP contribution in [0.15, 0.2) is 21.1 Å². The van der Waals surface area contributed by atoms with Gasteiger partial charge in [-0.3, -0.25) is 9.59 Å². The summed E-state index contributed by atoms with van der Waals surface area (Å²) in [5, 5.41) is 9.34. The molecule has 0 radical (unpaired) electrons. The van der Waals surface area contributed by atoms with E-state index in [1.807, 2.05) is 13.8 Å². The van der Waals surface area contributed by atoms with Gasteiger partial charge < -0.3 is 5.11 Å². The van der Waals surface area contributed by atoms with Crippen molar-refractivity contribution in [1.29, 1.82) is 0 Å².